The minimum Gasteiger partial charge on any atom is -0.346 e. The van der Waals surface area contributed by atoms with Gasteiger partial charge in [-0.15, -0.1) is 0 Å². The molecule has 1 N–H and O–H groups in total. The van der Waals surface area contributed by atoms with E-state index in [9.17, 15) is 22.5 Å². The largest absolute Gasteiger partial charge is 0.405 e. The van der Waals surface area contributed by atoms with Crippen molar-refractivity contribution in [2.75, 3.05) is 25.9 Å². The third-order valence-electron chi connectivity index (χ3n) is 6.71. The Morgan fingerprint density at radius 1 is 0.895 bits per heavy atom. The van der Waals surface area contributed by atoms with Crippen LogP contribution in [0.25, 0.3) is 11.1 Å². The molecule has 0 aliphatic heterocycles. The van der Waals surface area contributed by atoms with Gasteiger partial charge in [-0.3, -0.25) is 9.36 Å². The van der Waals surface area contributed by atoms with Crippen LogP contribution in [0.4, 0.5) is 13.2 Å². The summed E-state index contributed by atoms with van der Waals surface area (Å²) < 4.78 is 62.7. The average molecular weight is 554 g/mol. The minimum absolute atomic E-state index is 0.387. The molecule has 0 saturated heterocycles. The number of carbonyl (C=O) groups excluding carboxylic acids is 1. The van der Waals surface area contributed by atoms with Crippen molar-refractivity contribution < 1.29 is 31.6 Å². The lowest BCUT2D eigenvalue weighted by Gasteiger charge is -2.18. The number of hydrogen-bond acceptors (Lipinski definition) is 4. The van der Waals surface area contributed by atoms with Gasteiger partial charge >= 0.3 is 13.8 Å². The number of halogens is 3. The molecule has 1 aliphatic rings. The van der Waals surface area contributed by atoms with E-state index >= 15 is 0 Å². The molecule has 0 saturated carbocycles. The molecule has 1 aliphatic carbocycles. The molecule has 1 unspecified atom stereocenters. The number of unbranched alkanes of at least 4 members (excludes halogenated alkanes) is 4. The smallest absolute Gasteiger partial charge is 0.346 e. The highest BCUT2D eigenvalue weighted by atomic mass is 31.2. The summed E-state index contributed by atoms with van der Waals surface area (Å²) in [6.45, 7) is 3.64. The van der Waals surface area contributed by atoms with Crippen molar-refractivity contribution in [2.45, 2.75) is 77.3 Å². The monoisotopic (exact) mass is 553 g/mol. The summed E-state index contributed by atoms with van der Waals surface area (Å²) in [5.41, 5.74) is 4.35. The van der Waals surface area contributed by atoms with Crippen molar-refractivity contribution >= 4 is 13.5 Å². The second-order valence-electron chi connectivity index (χ2n) is 9.75. The van der Waals surface area contributed by atoms with Gasteiger partial charge in [0.25, 0.3) is 0 Å². The zero-order valence-electron chi connectivity index (χ0n) is 22.3. The Bertz CT molecular complexity index is 1090. The van der Waals surface area contributed by atoms with Gasteiger partial charge in [0.15, 0.2) is 0 Å². The van der Waals surface area contributed by atoms with E-state index in [-0.39, 0.29) is 0 Å². The SMILES string of the molecule is CCCCOP(=O)(CCCCCc1cccc2c1-c1ccccc1C2C(=O)NCC(F)(F)F)OCCCC. The van der Waals surface area contributed by atoms with Gasteiger partial charge in [0.1, 0.15) is 6.54 Å². The van der Waals surface area contributed by atoms with Gasteiger partial charge in [-0.2, -0.15) is 13.2 Å². The Balaban J connectivity index is 1.65. The zero-order valence-corrected chi connectivity index (χ0v) is 23.2. The first-order valence-corrected chi connectivity index (χ1v) is 15.4. The van der Waals surface area contributed by atoms with Crippen LogP contribution in [0.1, 0.15) is 81.4 Å². The van der Waals surface area contributed by atoms with Crippen LogP contribution in [0.3, 0.4) is 0 Å². The number of alkyl halides is 3. The second-order valence-corrected chi connectivity index (χ2v) is 11.9. The number of aryl methyl sites for hydroxylation is 1. The lowest BCUT2D eigenvalue weighted by Crippen LogP contribution is -2.36. The zero-order chi connectivity index (χ0) is 27.6. The molecule has 5 nitrogen and oxygen atoms in total. The summed E-state index contributed by atoms with van der Waals surface area (Å²) in [6, 6.07) is 13.1. The number of rotatable bonds is 16. The van der Waals surface area contributed by atoms with Crippen molar-refractivity contribution in [1.82, 2.24) is 5.32 Å². The summed E-state index contributed by atoms with van der Waals surface area (Å²) >= 11 is 0. The predicted octanol–water partition coefficient (Wildman–Crippen LogP) is 8.02. The predicted molar refractivity (Wildman–Crippen MR) is 145 cm³/mol. The van der Waals surface area contributed by atoms with Crippen molar-refractivity contribution in [1.29, 1.82) is 0 Å². The molecule has 0 fully saturated rings. The highest BCUT2D eigenvalue weighted by Gasteiger charge is 2.37. The van der Waals surface area contributed by atoms with E-state index in [4.69, 9.17) is 9.05 Å². The topological polar surface area (TPSA) is 64.6 Å². The molecule has 9 heteroatoms. The Labute approximate surface area is 224 Å². The number of nitrogens with one attached hydrogen (secondary N) is 1. The van der Waals surface area contributed by atoms with E-state index in [2.05, 4.69) is 19.2 Å². The van der Waals surface area contributed by atoms with Crippen LogP contribution in [-0.2, 0) is 24.8 Å². The van der Waals surface area contributed by atoms with Gasteiger partial charge in [-0.25, -0.2) is 0 Å². The van der Waals surface area contributed by atoms with E-state index in [1.54, 1.807) is 6.07 Å². The average Bonchev–Trinajstić information content (AvgIpc) is 3.22. The highest BCUT2D eigenvalue weighted by molar-refractivity contribution is 7.53. The molecular weight excluding hydrogens is 514 g/mol. The fraction of sp³-hybridized carbons (Fsp3) is 0.552. The first kappa shape index (κ1) is 30.4. The summed E-state index contributed by atoms with van der Waals surface area (Å²) in [4.78, 5) is 12.8. The molecule has 0 heterocycles. The number of fused-ring (bicyclic) bond motifs is 3. The summed E-state index contributed by atoms with van der Waals surface area (Å²) in [5, 5.41) is 2.06. The van der Waals surface area contributed by atoms with E-state index in [1.165, 1.54) is 0 Å². The molecule has 0 radical (unpaired) electrons. The number of amides is 1. The van der Waals surface area contributed by atoms with Crippen LogP contribution in [0.15, 0.2) is 42.5 Å². The summed E-state index contributed by atoms with van der Waals surface area (Å²) in [7, 11) is -3.11. The van der Waals surface area contributed by atoms with Crippen molar-refractivity contribution in [3.05, 3.63) is 59.2 Å². The lowest BCUT2D eigenvalue weighted by molar-refractivity contribution is -0.138. The molecule has 0 spiro atoms. The highest BCUT2D eigenvalue weighted by Crippen LogP contribution is 2.50. The molecular formula is C29H39F3NO4P. The van der Waals surface area contributed by atoms with E-state index < -0.39 is 32.1 Å². The molecule has 210 valence electrons. The molecule has 38 heavy (non-hydrogen) atoms. The van der Waals surface area contributed by atoms with Crippen LogP contribution in [0.2, 0.25) is 0 Å². The van der Waals surface area contributed by atoms with Crippen LogP contribution in [-0.4, -0.2) is 38.0 Å². The molecule has 2 aromatic rings. The van der Waals surface area contributed by atoms with E-state index in [1.807, 2.05) is 36.4 Å². The van der Waals surface area contributed by atoms with Crippen LogP contribution in [0.5, 0.6) is 0 Å². The summed E-state index contributed by atoms with van der Waals surface area (Å²) in [6.07, 6.45) is 2.66. The van der Waals surface area contributed by atoms with Crippen molar-refractivity contribution in [3.63, 3.8) is 0 Å². The second kappa shape index (κ2) is 14.3. The molecule has 0 bridgehead atoms. The molecule has 0 aromatic heterocycles. The van der Waals surface area contributed by atoms with Crippen molar-refractivity contribution in [3.8, 4) is 11.1 Å². The normalized spacial score (nSPS) is 14.8. The van der Waals surface area contributed by atoms with Gasteiger partial charge in [-0.1, -0.05) is 75.6 Å². The van der Waals surface area contributed by atoms with Gasteiger partial charge < -0.3 is 14.4 Å². The van der Waals surface area contributed by atoms with Crippen LogP contribution >= 0.6 is 7.60 Å². The Morgan fingerprint density at radius 2 is 1.55 bits per heavy atom. The maximum atomic E-state index is 13.1. The maximum Gasteiger partial charge on any atom is 0.405 e. The molecule has 1 atom stereocenters. The lowest BCUT2D eigenvalue weighted by atomic mass is 9.93. The Morgan fingerprint density at radius 3 is 2.21 bits per heavy atom. The third kappa shape index (κ3) is 8.42. The minimum atomic E-state index is -4.47. The quantitative estimate of drug-likeness (QED) is 0.169. The van der Waals surface area contributed by atoms with Crippen molar-refractivity contribution in [2.24, 2.45) is 0 Å². The third-order valence-corrected chi connectivity index (χ3v) is 8.73. The van der Waals surface area contributed by atoms with E-state index in [0.717, 1.165) is 72.8 Å². The van der Waals surface area contributed by atoms with Gasteiger partial charge in [-0.05, 0) is 59.9 Å². The number of hydrogen-bond donors (Lipinski definition) is 1. The first-order chi connectivity index (χ1) is 18.2. The van der Waals surface area contributed by atoms with Gasteiger partial charge in [0, 0.05) is 0 Å². The van der Waals surface area contributed by atoms with E-state index in [0.29, 0.717) is 25.8 Å². The maximum absolute atomic E-state index is 13.1. The standard InChI is InChI=1S/C29H39F3NO4P/c1-3-5-18-36-38(35,37-19-6-4-2)20-11-7-8-13-22-14-12-17-25-26(22)23-15-9-10-16-24(23)27(25)28(34)33-21-29(30,31)32/h9-10,12,14-17,27H,3-8,11,13,18-21H2,1-2H3,(H,33,34). The first-order valence-electron chi connectivity index (χ1n) is 13.6. The fourth-order valence-electron chi connectivity index (χ4n) is 4.77. The Hall–Kier alpha value is -2.15. The Kier molecular flexibility index (Phi) is 11.4. The molecule has 2 aromatic carbocycles. The number of carbonyl (C=O) groups is 1. The summed E-state index contributed by atoms with van der Waals surface area (Å²) in [5.74, 6) is -1.41. The van der Waals surface area contributed by atoms with Crippen LogP contribution < -0.4 is 5.32 Å². The van der Waals surface area contributed by atoms with Crippen LogP contribution in [0, 0.1) is 0 Å². The van der Waals surface area contributed by atoms with Gasteiger partial charge in [0.2, 0.25) is 5.91 Å². The fourth-order valence-corrected chi connectivity index (χ4v) is 6.53. The van der Waals surface area contributed by atoms with Gasteiger partial charge in [0.05, 0.1) is 25.3 Å². The molecule has 1 amide bonds. The molecule has 3 rings (SSSR count). The number of benzene rings is 2.